The van der Waals surface area contributed by atoms with E-state index in [1.165, 1.54) is 5.57 Å². The van der Waals surface area contributed by atoms with Crippen LogP contribution in [-0.4, -0.2) is 40.1 Å². The molecule has 1 saturated heterocycles. The number of H-pyrrole nitrogens is 1. The predicted molar refractivity (Wildman–Crippen MR) is 128 cm³/mol. The third-order valence-electron chi connectivity index (χ3n) is 6.04. The van der Waals surface area contributed by atoms with Crippen molar-refractivity contribution < 1.29 is 0 Å². The van der Waals surface area contributed by atoms with Crippen LogP contribution in [-0.2, 0) is 6.42 Å². The first kappa shape index (κ1) is 20.9. The van der Waals surface area contributed by atoms with E-state index >= 15 is 0 Å². The number of halogens is 1. The zero-order chi connectivity index (χ0) is 22.2. The van der Waals surface area contributed by atoms with Crippen LogP contribution in [0.1, 0.15) is 31.7 Å². The Morgan fingerprint density at radius 2 is 2.19 bits per heavy atom. The summed E-state index contributed by atoms with van der Waals surface area (Å²) in [5, 5.41) is 9.73. The summed E-state index contributed by atoms with van der Waals surface area (Å²) in [7, 11) is 0. The van der Waals surface area contributed by atoms with Gasteiger partial charge < -0.3 is 15.6 Å². The highest BCUT2D eigenvalue weighted by Crippen LogP contribution is 2.27. The van der Waals surface area contributed by atoms with Crippen LogP contribution in [0.3, 0.4) is 0 Å². The Morgan fingerprint density at radius 3 is 2.88 bits per heavy atom. The lowest BCUT2D eigenvalue weighted by Crippen LogP contribution is -2.34. The molecule has 2 aliphatic heterocycles. The molecule has 2 atom stereocenters. The molecule has 2 aromatic heterocycles. The second-order valence-corrected chi connectivity index (χ2v) is 8.90. The summed E-state index contributed by atoms with van der Waals surface area (Å²) in [5.74, 6) is 1.42. The molecule has 0 amide bonds. The minimum absolute atomic E-state index is 0.193. The Morgan fingerprint density at radius 1 is 1.31 bits per heavy atom. The molecule has 32 heavy (non-hydrogen) atoms. The van der Waals surface area contributed by atoms with Crippen molar-refractivity contribution in [3.63, 3.8) is 0 Å². The maximum Gasteiger partial charge on any atom is 0.258 e. The van der Waals surface area contributed by atoms with Gasteiger partial charge in [-0.15, -0.1) is 0 Å². The van der Waals surface area contributed by atoms with E-state index in [2.05, 4.69) is 39.9 Å². The van der Waals surface area contributed by atoms with Gasteiger partial charge in [0.15, 0.2) is 0 Å². The second kappa shape index (κ2) is 8.54. The topological polar surface area (TPSA) is 98.0 Å². The highest BCUT2D eigenvalue weighted by molar-refractivity contribution is 6.34. The van der Waals surface area contributed by atoms with Crippen molar-refractivity contribution in [2.75, 3.05) is 23.4 Å². The predicted octanol–water partition coefficient (Wildman–Crippen LogP) is 2.95. The first-order valence-corrected chi connectivity index (χ1v) is 11.2. The van der Waals surface area contributed by atoms with E-state index in [9.17, 15) is 4.79 Å². The van der Waals surface area contributed by atoms with Gasteiger partial charge in [-0.1, -0.05) is 17.7 Å². The SMILES string of the molecule is CC1=CN(c2ccc(Cc3nc4cc(NC5CCNC5)c(Cl)cc4c(=O)[nH]3)cn2)NC1C. The Balaban J connectivity index is 1.38. The highest BCUT2D eigenvalue weighted by atomic mass is 35.5. The van der Waals surface area contributed by atoms with Crippen molar-refractivity contribution in [1.82, 2.24) is 25.7 Å². The number of benzene rings is 1. The van der Waals surface area contributed by atoms with Crippen LogP contribution in [0.25, 0.3) is 10.9 Å². The largest absolute Gasteiger partial charge is 0.380 e. The number of rotatable bonds is 5. The monoisotopic (exact) mass is 451 g/mol. The molecule has 1 aromatic carbocycles. The first-order valence-electron chi connectivity index (χ1n) is 10.8. The van der Waals surface area contributed by atoms with Gasteiger partial charge in [0.05, 0.1) is 21.6 Å². The van der Waals surface area contributed by atoms with E-state index in [0.29, 0.717) is 40.3 Å². The number of fused-ring (bicyclic) bond motifs is 1. The number of pyridine rings is 1. The van der Waals surface area contributed by atoms with Crippen molar-refractivity contribution in [3.8, 4) is 0 Å². The minimum Gasteiger partial charge on any atom is -0.380 e. The van der Waals surface area contributed by atoms with Crippen LogP contribution in [0.5, 0.6) is 0 Å². The Hall–Kier alpha value is -2.94. The lowest BCUT2D eigenvalue weighted by Gasteiger charge is -2.17. The van der Waals surface area contributed by atoms with Gasteiger partial charge in [-0.2, -0.15) is 0 Å². The van der Waals surface area contributed by atoms with Crippen LogP contribution >= 0.6 is 11.6 Å². The molecular weight excluding hydrogens is 426 g/mol. The quantitative estimate of drug-likeness (QED) is 0.473. The summed E-state index contributed by atoms with van der Waals surface area (Å²) in [6.45, 7) is 6.08. The molecule has 2 unspecified atom stereocenters. The van der Waals surface area contributed by atoms with E-state index in [4.69, 9.17) is 16.6 Å². The molecule has 0 saturated carbocycles. The van der Waals surface area contributed by atoms with Gasteiger partial charge in [0.25, 0.3) is 5.56 Å². The number of aromatic amines is 1. The zero-order valence-electron chi connectivity index (χ0n) is 18.1. The van der Waals surface area contributed by atoms with E-state index < -0.39 is 0 Å². The van der Waals surface area contributed by atoms with Crippen LogP contribution < -0.4 is 26.6 Å². The van der Waals surface area contributed by atoms with E-state index in [0.717, 1.165) is 36.6 Å². The van der Waals surface area contributed by atoms with E-state index in [1.54, 1.807) is 6.07 Å². The molecule has 2 aliphatic rings. The van der Waals surface area contributed by atoms with Crippen molar-refractivity contribution in [2.24, 2.45) is 0 Å². The lowest BCUT2D eigenvalue weighted by atomic mass is 10.1. The Bertz CT molecular complexity index is 1230. The molecule has 8 nitrogen and oxygen atoms in total. The molecule has 1 fully saturated rings. The second-order valence-electron chi connectivity index (χ2n) is 8.49. The van der Waals surface area contributed by atoms with Crippen molar-refractivity contribution >= 4 is 34.0 Å². The van der Waals surface area contributed by atoms with Crippen LogP contribution in [0.2, 0.25) is 5.02 Å². The maximum atomic E-state index is 12.7. The summed E-state index contributed by atoms with van der Waals surface area (Å²) < 4.78 is 0. The number of hydrazine groups is 1. The van der Waals surface area contributed by atoms with E-state index in [1.807, 2.05) is 35.6 Å². The van der Waals surface area contributed by atoms with Gasteiger partial charge >= 0.3 is 0 Å². The fourth-order valence-corrected chi connectivity index (χ4v) is 4.27. The Labute approximate surface area is 191 Å². The summed E-state index contributed by atoms with van der Waals surface area (Å²) in [4.78, 5) is 24.8. The lowest BCUT2D eigenvalue weighted by molar-refractivity contribution is 0.659. The third kappa shape index (κ3) is 4.21. The molecule has 0 bridgehead atoms. The minimum atomic E-state index is -0.193. The summed E-state index contributed by atoms with van der Waals surface area (Å²) >= 11 is 6.42. The molecule has 9 heteroatoms. The summed E-state index contributed by atoms with van der Waals surface area (Å²) in [6.07, 6.45) is 5.38. The van der Waals surface area contributed by atoms with Crippen molar-refractivity contribution in [2.45, 2.75) is 38.8 Å². The molecule has 166 valence electrons. The number of anilines is 2. The number of hydrogen-bond donors (Lipinski definition) is 4. The van der Waals surface area contributed by atoms with Crippen LogP contribution in [0.15, 0.2) is 47.0 Å². The third-order valence-corrected chi connectivity index (χ3v) is 6.35. The fraction of sp³-hybridized carbons (Fsp3) is 0.348. The molecule has 4 N–H and O–H groups in total. The van der Waals surface area contributed by atoms with Crippen molar-refractivity contribution in [1.29, 1.82) is 0 Å². The highest BCUT2D eigenvalue weighted by Gasteiger charge is 2.19. The molecular formula is C23H26ClN7O. The van der Waals surface area contributed by atoms with Gasteiger partial charge in [0.1, 0.15) is 11.6 Å². The molecule has 0 radical (unpaired) electrons. The average molecular weight is 452 g/mol. The molecule has 4 heterocycles. The summed E-state index contributed by atoms with van der Waals surface area (Å²) in [5.41, 5.74) is 6.81. The number of hydrogen-bond acceptors (Lipinski definition) is 7. The Kier molecular flexibility index (Phi) is 5.58. The standard InChI is InChI=1S/C23H26ClN7O/c1-13-12-31(30-14(13)2)22-4-3-15(10-26-22)7-21-28-19-9-20(27-16-5-6-25-11-16)18(24)8-17(19)23(32)29-21/h3-4,8-10,12,14,16,25,27,30H,5-7,11H2,1-2H3,(H,28,29,32). The number of nitrogens with one attached hydrogen (secondary N) is 4. The fourth-order valence-electron chi connectivity index (χ4n) is 4.05. The average Bonchev–Trinajstić information content (AvgIpc) is 3.40. The van der Waals surface area contributed by atoms with Gasteiger partial charge in [-0.3, -0.25) is 9.80 Å². The van der Waals surface area contributed by atoms with Gasteiger partial charge in [0.2, 0.25) is 0 Å². The molecule has 3 aromatic rings. The smallest absolute Gasteiger partial charge is 0.258 e. The van der Waals surface area contributed by atoms with E-state index in [-0.39, 0.29) is 5.56 Å². The zero-order valence-corrected chi connectivity index (χ0v) is 18.8. The number of aromatic nitrogens is 3. The van der Waals surface area contributed by atoms with Gasteiger partial charge in [-0.25, -0.2) is 15.4 Å². The molecule has 5 rings (SSSR count). The van der Waals surface area contributed by atoms with Gasteiger partial charge in [-0.05, 0) is 56.1 Å². The van der Waals surface area contributed by atoms with Gasteiger partial charge in [0, 0.05) is 37.4 Å². The maximum absolute atomic E-state index is 12.7. The first-order chi connectivity index (χ1) is 15.5. The van der Waals surface area contributed by atoms with Crippen LogP contribution in [0, 0.1) is 0 Å². The normalized spacial score (nSPS) is 20.7. The summed E-state index contributed by atoms with van der Waals surface area (Å²) in [6, 6.07) is 8.13. The molecule has 0 aliphatic carbocycles. The molecule has 0 spiro atoms. The number of nitrogens with zero attached hydrogens (tertiary/aromatic N) is 3. The van der Waals surface area contributed by atoms with Crippen molar-refractivity contribution in [3.05, 3.63) is 69.0 Å². The van der Waals surface area contributed by atoms with Crippen LogP contribution in [0.4, 0.5) is 11.5 Å².